The van der Waals surface area contributed by atoms with Crippen molar-refractivity contribution in [1.82, 2.24) is 4.90 Å². The molecule has 0 saturated heterocycles. The van der Waals surface area contributed by atoms with E-state index in [-0.39, 0.29) is 11.8 Å². The second-order valence-electron chi connectivity index (χ2n) is 3.46. The lowest BCUT2D eigenvalue weighted by molar-refractivity contribution is -0.138. The van der Waals surface area contributed by atoms with Gasteiger partial charge in [0, 0.05) is 18.7 Å². The van der Waals surface area contributed by atoms with Crippen molar-refractivity contribution >= 4 is 29.4 Å². The third kappa shape index (κ3) is 3.34. The highest BCUT2D eigenvalue weighted by molar-refractivity contribution is 6.29. The molecule has 1 aliphatic rings. The molecule has 1 N–H and O–H groups in total. The number of hydrogen-bond donors (Lipinski definition) is 1. The van der Waals surface area contributed by atoms with Crippen LogP contribution in [0.5, 0.6) is 0 Å². The van der Waals surface area contributed by atoms with Gasteiger partial charge in [0.2, 0.25) is 0 Å². The van der Waals surface area contributed by atoms with E-state index in [0.717, 1.165) is 4.90 Å². The zero-order chi connectivity index (χ0) is 12.1. The molecule has 2 amide bonds. The minimum absolute atomic E-state index is 0.313. The van der Waals surface area contributed by atoms with Crippen LogP contribution >= 0.6 is 11.6 Å². The van der Waals surface area contributed by atoms with E-state index in [1.807, 2.05) is 0 Å². The summed E-state index contributed by atoms with van der Waals surface area (Å²) in [6, 6.07) is 0. The van der Waals surface area contributed by atoms with Crippen LogP contribution in [0.1, 0.15) is 19.3 Å². The predicted octanol–water partition coefficient (Wildman–Crippen LogP) is 0.774. The highest BCUT2D eigenvalue weighted by Gasteiger charge is 2.22. The van der Waals surface area contributed by atoms with Crippen LogP contribution in [0.15, 0.2) is 12.2 Å². The average Bonchev–Trinajstić information content (AvgIpc) is 2.54. The number of carbonyl (C=O) groups excluding carboxylic acids is 2. The Bertz CT molecular complexity index is 322. The van der Waals surface area contributed by atoms with E-state index in [0.29, 0.717) is 25.8 Å². The van der Waals surface area contributed by atoms with Gasteiger partial charge in [0.05, 0.1) is 0 Å². The van der Waals surface area contributed by atoms with Gasteiger partial charge in [-0.25, -0.2) is 0 Å². The number of aliphatic carboxylic acids is 1. The largest absolute Gasteiger partial charge is 0.480 e. The molecule has 1 unspecified atom stereocenters. The van der Waals surface area contributed by atoms with Crippen molar-refractivity contribution in [3.8, 4) is 0 Å². The predicted molar refractivity (Wildman–Crippen MR) is 57.0 cm³/mol. The van der Waals surface area contributed by atoms with E-state index in [9.17, 15) is 14.4 Å². The van der Waals surface area contributed by atoms with Crippen molar-refractivity contribution in [2.75, 3.05) is 6.54 Å². The molecule has 6 heteroatoms. The molecule has 0 aromatic carbocycles. The molecule has 1 atom stereocenters. The molecule has 0 bridgehead atoms. The molecule has 0 saturated carbocycles. The van der Waals surface area contributed by atoms with Crippen LogP contribution in [-0.2, 0) is 14.4 Å². The first kappa shape index (κ1) is 12.7. The monoisotopic (exact) mass is 245 g/mol. The molecule has 16 heavy (non-hydrogen) atoms. The first-order chi connectivity index (χ1) is 7.52. The molecule has 1 aliphatic heterocycles. The normalized spacial score (nSPS) is 16.9. The quantitative estimate of drug-likeness (QED) is 0.426. The van der Waals surface area contributed by atoms with Crippen LogP contribution in [-0.4, -0.2) is 39.7 Å². The van der Waals surface area contributed by atoms with Crippen LogP contribution in [0, 0.1) is 0 Å². The Morgan fingerprint density at radius 3 is 2.38 bits per heavy atom. The Balaban J connectivity index is 2.19. The van der Waals surface area contributed by atoms with Gasteiger partial charge >= 0.3 is 5.97 Å². The van der Waals surface area contributed by atoms with Gasteiger partial charge < -0.3 is 5.11 Å². The number of carboxylic acids is 1. The lowest BCUT2D eigenvalue weighted by Crippen LogP contribution is -2.31. The standard InChI is InChI=1S/C10H12ClNO4/c11-7(10(15)16)3-1-2-6-12-8(13)4-5-9(12)14/h4-5,7H,1-3,6H2,(H,15,16). The van der Waals surface area contributed by atoms with Crippen molar-refractivity contribution < 1.29 is 19.5 Å². The zero-order valence-electron chi connectivity index (χ0n) is 8.56. The van der Waals surface area contributed by atoms with Crippen molar-refractivity contribution in [1.29, 1.82) is 0 Å². The lowest BCUT2D eigenvalue weighted by Gasteiger charge is -2.13. The van der Waals surface area contributed by atoms with E-state index in [1.165, 1.54) is 12.2 Å². The molecule has 0 aromatic rings. The smallest absolute Gasteiger partial charge is 0.321 e. The lowest BCUT2D eigenvalue weighted by atomic mass is 10.2. The van der Waals surface area contributed by atoms with Crippen LogP contribution in [0.2, 0.25) is 0 Å². The number of imide groups is 1. The first-order valence-electron chi connectivity index (χ1n) is 4.93. The Hall–Kier alpha value is -1.36. The molecule has 1 rings (SSSR count). The Morgan fingerprint density at radius 1 is 1.31 bits per heavy atom. The van der Waals surface area contributed by atoms with Gasteiger partial charge in [-0.3, -0.25) is 19.3 Å². The van der Waals surface area contributed by atoms with Gasteiger partial charge in [-0.05, 0) is 19.3 Å². The summed E-state index contributed by atoms with van der Waals surface area (Å²) in [4.78, 5) is 33.8. The Morgan fingerprint density at radius 2 is 1.88 bits per heavy atom. The fourth-order valence-corrected chi connectivity index (χ4v) is 1.52. The molecule has 0 radical (unpaired) electrons. The maximum absolute atomic E-state index is 11.1. The third-order valence-electron chi connectivity index (χ3n) is 2.26. The van der Waals surface area contributed by atoms with E-state index in [2.05, 4.69) is 0 Å². The summed E-state index contributed by atoms with van der Waals surface area (Å²) in [5, 5.41) is 7.62. The Kier molecular flexibility index (Phi) is 4.49. The van der Waals surface area contributed by atoms with Crippen molar-refractivity contribution in [3.63, 3.8) is 0 Å². The summed E-state index contributed by atoms with van der Waals surface area (Å²) >= 11 is 5.51. The minimum atomic E-state index is -1.04. The van der Waals surface area contributed by atoms with Crippen LogP contribution in [0.4, 0.5) is 0 Å². The average molecular weight is 246 g/mol. The van der Waals surface area contributed by atoms with Gasteiger partial charge in [0.15, 0.2) is 0 Å². The number of carbonyl (C=O) groups is 3. The molecule has 88 valence electrons. The van der Waals surface area contributed by atoms with E-state index < -0.39 is 11.3 Å². The van der Waals surface area contributed by atoms with Crippen molar-refractivity contribution in [2.24, 2.45) is 0 Å². The summed E-state index contributed by atoms with van der Waals surface area (Å²) in [7, 11) is 0. The fraction of sp³-hybridized carbons (Fsp3) is 0.500. The highest BCUT2D eigenvalue weighted by Crippen LogP contribution is 2.10. The third-order valence-corrected chi connectivity index (χ3v) is 2.66. The van der Waals surface area contributed by atoms with Crippen LogP contribution in [0.25, 0.3) is 0 Å². The molecular formula is C10H12ClNO4. The number of nitrogens with zero attached hydrogens (tertiary/aromatic N) is 1. The summed E-state index contributed by atoms with van der Waals surface area (Å²) in [5.74, 6) is -1.67. The second-order valence-corrected chi connectivity index (χ2v) is 3.99. The van der Waals surface area contributed by atoms with Gasteiger partial charge in [0.25, 0.3) is 11.8 Å². The van der Waals surface area contributed by atoms with Crippen molar-refractivity contribution in [2.45, 2.75) is 24.6 Å². The molecule has 0 fully saturated rings. The van der Waals surface area contributed by atoms with E-state index in [4.69, 9.17) is 16.7 Å². The molecule has 0 spiro atoms. The van der Waals surface area contributed by atoms with Gasteiger partial charge in [-0.2, -0.15) is 0 Å². The SMILES string of the molecule is O=C(O)C(Cl)CCCCN1C(=O)C=CC1=O. The summed E-state index contributed by atoms with van der Waals surface area (Å²) in [6.07, 6.45) is 3.92. The highest BCUT2D eigenvalue weighted by atomic mass is 35.5. The number of amides is 2. The number of carboxylic acid groups (broad SMARTS) is 1. The number of hydrogen-bond acceptors (Lipinski definition) is 3. The van der Waals surface area contributed by atoms with Gasteiger partial charge in [0.1, 0.15) is 5.38 Å². The number of halogens is 1. The van der Waals surface area contributed by atoms with Crippen molar-refractivity contribution in [3.05, 3.63) is 12.2 Å². The maximum atomic E-state index is 11.1. The summed E-state index contributed by atoms with van der Waals surface area (Å²) in [6.45, 7) is 0.313. The van der Waals surface area contributed by atoms with Gasteiger partial charge in [-0.1, -0.05) is 0 Å². The fourth-order valence-electron chi connectivity index (χ4n) is 1.37. The molecule has 0 aromatic heterocycles. The van der Waals surface area contributed by atoms with E-state index in [1.54, 1.807) is 0 Å². The topological polar surface area (TPSA) is 74.7 Å². The molecular weight excluding hydrogens is 234 g/mol. The Labute approximate surface area is 97.7 Å². The zero-order valence-corrected chi connectivity index (χ0v) is 9.31. The minimum Gasteiger partial charge on any atom is -0.480 e. The maximum Gasteiger partial charge on any atom is 0.321 e. The van der Waals surface area contributed by atoms with Crippen LogP contribution in [0.3, 0.4) is 0 Å². The number of rotatable bonds is 6. The second kappa shape index (κ2) is 5.65. The molecule has 0 aliphatic carbocycles. The summed E-state index contributed by atoms with van der Waals surface area (Å²) in [5.41, 5.74) is 0. The molecule has 1 heterocycles. The van der Waals surface area contributed by atoms with E-state index >= 15 is 0 Å². The van der Waals surface area contributed by atoms with Gasteiger partial charge in [-0.15, -0.1) is 11.6 Å². The summed E-state index contributed by atoms with van der Waals surface area (Å²) < 4.78 is 0. The number of alkyl halides is 1. The molecule has 5 nitrogen and oxygen atoms in total. The first-order valence-corrected chi connectivity index (χ1v) is 5.36. The number of unbranched alkanes of at least 4 members (excludes halogenated alkanes) is 1. The van der Waals surface area contributed by atoms with Crippen LogP contribution < -0.4 is 0 Å².